The second-order valence-electron chi connectivity index (χ2n) is 5.59. The number of hydrogen-bond donors (Lipinski definition) is 1. The van der Waals surface area contributed by atoms with E-state index in [-0.39, 0.29) is 24.8 Å². The highest BCUT2D eigenvalue weighted by atomic mass is 35.5. The summed E-state index contributed by atoms with van der Waals surface area (Å²) < 4.78 is 0. The van der Waals surface area contributed by atoms with Gasteiger partial charge in [-0.2, -0.15) is 0 Å². The molecule has 0 bridgehead atoms. The number of carbonyl (C=O) groups is 1. The minimum Gasteiger partial charge on any atom is -0.480 e. The molecule has 22 heavy (non-hydrogen) atoms. The molecule has 0 aliphatic carbocycles. The molecule has 2 atom stereocenters. The van der Waals surface area contributed by atoms with E-state index >= 15 is 0 Å². The number of fused-ring (bicyclic) bond motifs is 1. The van der Waals surface area contributed by atoms with Crippen molar-refractivity contribution in [1.82, 2.24) is 9.80 Å². The van der Waals surface area contributed by atoms with Crippen molar-refractivity contribution in [3.63, 3.8) is 0 Å². The highest BCUT2D eigenvalue weighted by Gasteiger charge is 2.37. The molecule has 0 amide bonds. The lowest BCUT2D eigenvalue weighted by Crippen LogP contribution is -2.52. The normalized spacial score (nSPS) is 23.0. The first-order valence-corrected chi connectivity index (χ1v) is 7.50. The number of aliphatic carboxylic acids is 1. The van der Waals surface area contributed by atoms with Crippen molar-refractivity contribution in [2.45, 2.75) is 24.9 Å². The summed E-state index contributed by atoms with van der Waals surface area (Å²) in [5.74, 6) is -0.815. The van der Waals surface area contributed by atoms with E-state index in [1.807, 2.05) is 18.2 Å². The van der Waals surface area contributed by atoms with Crippen LogP contribution in [0.1, 0.15) is 24.4 Å². The summed E-state index contributed by atoms with van der Waals surface area (Å²) in [4.78, 5) is 16.3. The van der Waals surface area contributed by atoms with Gasteiger partial charge in [0.1, 0.15) is 6.04 Å². The maximum Gasteiger partial charge on any atom is 0.325 e. The van der Waals surface area contributed by atoms with E-state index in [9.17, 15) is 9.90 Å². The smallest absolute Gasteiger partial charge is 0.325 e. The number of nitrogens with zero attached hydrogens (tertiary/aromatic N) is 2. The van der Waals surface area contributed by atoms with E-state index in [0.29, 0.717) is 16.6 Å². The third kappa shape index (κ3) is 3.87. The molecular formula is C15H21Cl3N2O2. The zero-order chi connectivity index (χ0) is 14.1. The second-order valence-corrected chi connectivity index (χ2v) is 6.00. The number of benzene rings is 1. The van der Waals surface area contributed by atoms with E-state index < -0.39 is 12.0 Å². The molecule has 1 N–H and O–H groups in total. The number of carboxylic acid groups (broad SMARTS) is 1. The molecule has 0 saturated carbocycles. The first kappa shape index (κ1) is 19.5. The Labute approximate surface area is 148 Å². The van der Waals surface area contributed by atoms with Crippen molar-refractivity contribution in [3.8, 4) is 0 Å². The van der Waals surface area contributed by atoms with Crippen LogP contribution in [-0.2, 0) is 4.79 Å². The summed E-state index contributed by atoms with van der Waals surface area (Å²) in [6, 6.07) is 7.14. The van der Waals surface area contributed by atoms with Gasteiger partial charge >= 0.3 is 5.97 Å². The standard InChI is InChI=1S/C15H19ClN2O2.2ClH/c16-13-6-2-1-5-12(13)14(15(19)20)18-9-8-17-7-3-4-11(17)10-18;;/h1-2,5-6,11,14H,3-4,7-10H2,(H,19,20);2*1H/t11-,14?;;/m1../s1. The Kier molecular flexibility index (Phi) is 7.42. The van der Waals surface area contributed by atoms with Crippen LogP contribution in [-0.4, -0.2) is 53.1 Å². The van der Waals surface area contributed by atoms with Gasteiger partial charge in [-0.3, -0.25) is 14.6 Å². The molecule has 0 spiro atoms. The third-order valence-electron chi connectivity index (χ3n) is 4.42. The predicted molar refractivity (Wildman–Crippen MR) is 92.5 cm³/mol. The molecule has 2 saturated heterocycles. The van der Waals surface area contributed by atoms with Gasteiger partial charge in [-0.05, 0) is 31.0 Å². The van der Waals surface area contributed by atoms with Crippen LogP contribution in [0.4, 0.5) is 0 Å². The lowest BCUT2D eigenvalue weighted by atomic mass is 10.0. The van der Waals surface area contributed by atoms with Crippen molar-refractivity contribution in [1.29, 1.82) is 0 Å². The summed E-state index contributed by atoms with van der Waals surface area (Å²) in [5.41, 5.74) is 0.702. The van der Waals surface area contributed by atoms with Crippen LogP contribution >= 0.6 is 36.4 Å². The second kappa shape index (κ2) is 8.37. The average Bonchev–Trinajstić information content (AvgIpc) is 2.88. The number of rotatable bonds is 3. The number of hydrogen-bond acceptors (Lipinski definition) is 3. The monoisotopic (exact) mass is 366 g/mol. The van der Waals surface area contributed by atoms with Crippen LogP contribution in [0.3, 0.4) is 0 Å². The van der Waals surface area contributed by atoms with Crippen molar-refractivity contribution >= 4 is 42.4 Å². The minimum absolute atomic E-state index is 0. The topological polar surface area (TPSA) is 43.8 Å². The van der Waals surface area contributed by atoms with Gasteiger partial charge in [0.15, 0.2) is 0 Å². The van der Waals surface area contributed by atoms with Gasteiger partial charge < -0.3 is 5.11 Å². The fraction of sp³-hybridized carbons (Fsp3) is 0.533. The Bertz CT molecular complexity index is 515. The quantitative estimate of drug-likeness (QED) is 0.891. The number of carboxylic acids is 1. The summed E-state index contributed by atoms with van der Waals surface area (Å²) in [5, 5.41) is 10.2. The Morgan fingerprint density at radius 3 is 2.64 bits per heavy atom. The van der Waals surface area contributed by atoms with Crippen molar-refractivity contribution in [2.75, 3.05) is 26.2 Å². The van der Waals surface area contributed by atoms with E-state index in [4.69, 9.17) is 11.6 Å². The number of halogens is 3. The molecule has 3 rings (SSSR count). The maximum absolute atomic E-state index is 11.7. The fourth-order valence-electron chi connectivity index (χ4n) is 3.43. The summed E-state index contributed by atoms with van der Waals surface area (Å²) in [7, 11) is 0. The molecule has 1 aromatic rings. The molecule has 2 heterocycles. The molecule has 7 heteroatoms. The van der Waals surface area contributed by atoms with E-state index in [2.05, 4.69) is 9.80 Å². The highest BCUT2D eigenvalue weighted by molar-refractivity contribution is 6.31. The largest absolute Gasteiger partial charge is 0.480 e. The van der Waals surface area contributed by atoms with Gasteiger partial charge in [0, 0.05) is 30.7 Å². The van der Waals surface area contributed by atoms with E-state index in [0.717, 1.165) is 26.2 Å². The average molecular weight is 368 g/mol. The lowest BCUT2D eigenvalue weighted by molar-refractivity contribution is -0.144. The molecule has 1 aromatic carbocycles. The van der Waals surface area contributed by atoms with Gasteiger partial charge in [-0.25, -0.2) is 0 Å². The third-order valence-corrected chi connectivity index (χ3v) is 4.76. The molecular weight excluding hydrogens is 347 g/mol. The molecule has 124 valence electrons. The number of piperazine rings is 1. The fourth-order valence-corrected chi connectivity index (χ4v) is 3.67. The first-order chi connectivity index (χ1) is 9.66. The Hall–Kier alpha value is -0.520. The van der Waals surface area contributed by atoms with Gasteiger partial charge in [0.05, 0.1) is 0 Å². The van der Waals surface area contributed by atoms with Gasteiger partial charge in [-0.1, -0.05) is 29.8 Å². The van der Waals surface area contributed by atoms with Crippen LogP contribution in [0, 0.1) is 0 Å². The maximum atomic E-state index is 11.7. The van der Waals surface area contributed by atoms with E-state index in [1.165, 1.54) is 12.8 Å². The lowest BCUT2D eigenvalue weighted by Gasteiger charge is -2.40. The molecule has 1 unspecified atom stereocenters. The molecule has 2 aliphatic rings. The van der Waals surface area contributed by atoms with Crippen LogP contribution in [0.2, 0.25) is 5.02 Å². The Morgan fingerprint density at radius 2 is 1.95 bits per heavy atom. The molecule has 0 aromatic heterocycles. The Morgan fingerprint density at radius 1 is 1.23 bits per heavy atom. The molecule has 0 radical (unpaired) electrons. The summed E-state index contributed by atoms with van der Waals surface area (Å²) >= 11 is 6.19. The highest BCUT2D eigenvalue weighted by Crippen LogP contribution is 2.31. The van der Waals surface area contributed by atoms with Crippen molar-refractivity contribution < 1.29 is 9.90 Å². The Balaban J connectivity index is 0.00000121. The van der Waals surface area contributed by atoms with Crippen LogP contribution in [0.5, 0.6) is 0 Å². The zero-order valence-corrected chi connectivity index (χ0v) is 14.5. The van der Waals surface area contributed by atoms with Gasteiger partial charge in [0.25, 0.3) is 0 Å². The van der Waals surface area contributed by atoms with E-state index in [1.54, 1.807) is 6.07 Å². The van der Waals surface area contributed by atoms with Crippen LogP contribution in [0.15, 0.2) is 24.3 Å². The zero-order valence-electron chi connectivity index (χ0n) is 12.2. The molecule has 2 aliphatic heterocycles. The predicted octanol–water partition coefficient (Wildman–Crippen LogP) is 3.09. The van der Waals surface area contributed by atoms with Crippen LogP contribution in [0.25, 0.3) is 0 Å². The minimum atomic E-state index is -0.815. The SMILES string of the molecule is Cl.Cl.O=C(O)C(c1ccccc1Cl)N1CCN2CCC[C@@H]2C1. The van der Waals surface area contributed by atoms with Gasteiger partial charge in [0.2, 0.25) is 0 Å². The molecule has 2 fully saturated rings. The van der Waals surface area contributed by atoms with Crippen molar-refractivity contribution in [3.05, 3.63) is 34.9 Å². The first-order valence-electron chi connectivity index (χ1n) is 7.12. The molecule has 4 nitrogen and oxygen atoms in total. The van der Waals surface area contributed by atoms with Crippen molar-refractivity contribution in [2.24, 2.45) is 0 Å². The summed E-state index contributed by atoms with van der Waals surface area (Å²) in [6.45, 7) is 3.72. The summed E-state index contributed by atoms with van der Waals surface area (Å²) in [6.07, 6.45) is 2.40. The van der Waals surface area contributed by atoms with Crippen LogP contribution < -0.4 is 0 Å². The van der Waals surface area contributed by atoms with Gasteiger partial charge in [-0.15, -0.1) is 24.8 Å².